The zero-order valence-corrected chi connectivity index (χ0v) is 18.6. The lowest BCUT2D eigenvalue weighted by Crippen LogP contribution is -2.29. The molecule has 0 saturated heterocycles. The molecule has 0 aliphatic carbocycles. The Hall–Kier alpha value is -2.97. The number of sulfonamides is 1. The molecular weight excluding hydrogens is 440 g/mol. The third-order valence-electron chi connectivity index (χ3n) is 5.19. The number of carbonyl (C=O) groups excluding carboxylic acids is 1. The van der Waals surface area contributed by atoms with E-state index in [1.807, 2.05) is 18.2 Å². The van der Waals surface area contributed by atoms with Gasteiger partial charge < -0.3 is 14.8 Å². The molecule has 1 aliphatic heterocycles. The van der Waals surface area contributed by atoms with Crippen LogP contribution in [0.25, 0.3) is 10.8 Å². The summed E-state index contributed by atoms with van der Waals surface area (Å²) >= 11 is 6.09. The molecule has 9 heteroatoms. The summed E-state index contributed by atoms with van der Waals surface area (Å²) < 4.78 is 37.8. The van der Waals surface area contributed by atoms with Crippen molar-refractivity contribution in [2.24, 2.45) is 0 Å². The van der Waals surface area contributed by atoms with Crippen LogP contribution >= 0.6 is 11.6 Å². The van der Waals surface area contributed by atoms with Gasteiger partial charge in [0.25, 0.3) is 10.0 Å². The number of amides is 1. The van der Waals surface area contributed by atoms with Crippen LogP contribution in [0.5, 0.6) is 11.5 Å². The highest BCUT2D eigenvalue weighted by molar-refractivity contribution is 7.93. The van der Waals surface area contributed by atoms with Gasteiger partial charge in [0.15, 0.2) is 0 Å². The summed E-state index contributed by atoms with van der Waals surface area (Å²) in [5.41, 5.74) is 1.08. The van der Waals surface area contributed by atoms with E-state index in [1.54, 1.807) is 30.3 Å². The summed E-state index contributed by atoms with van der Waals surface area (Å²) in [6.07, 6.45) is 0.481. The Morgan fingerprint density at radius 3 is 2.48 bits per heavy atom. The van der Waals surface area contributed by atoms with E-state index in [-0.39, 0.29) is 18.9 Å². The Morgan fingerprint density at radius 1 is 1.06 bits per heavy atom. The van der Waals surface area contributed by atoms with Gasteiger partial charge in [0.05, 0.1) is 35.5 Å². The highest BCUT2D eigenvalue weighted by Gasteiger charge is 2.35. The molecule has 0 bridgehead atoms. The molecule has 0 radical (unpaired) electrons. The average molecular weight is 461 g/mol. The summed E-state index contributed by atoms with van der Waals surface area (Å²) in [7, 11) is -0.672. The molecule has 0 saturated carbocycles. The molecule has 0 atom stereocenters. The molecule has 31 heavy (non-hydrogen) atoms. The number of methoxy groups -OCH3 is 2. The van der Waals surface area contributed by atoms with Crippen molar-refractivity contribution in [1.29, 1.82) is 0 Å². The summed E-state index contributed by atoms with van der Waals surface area (Å²) in [6, 6.07) is 13.9. The van der Waals surface area contributed by atoms with Gasteiger partial charge in [-0.15, -0.1) is 0 Å². The van der Waals surface area contributed by atoms with E-state index in [9.17, 15) is 13.2 Å². The fraction of sp³-hybridized carbons (Fsp3) is 0.227. The predicted molar refractivity (Wildman–Crippen MR) is 121 cm³/mol. The van der Waals surface area contributed by atoms with E-state index in [0.29, 0.717) is 39.2 Å². The second kappa shape index (κ2) is 8.28. The Morgan fingerprint density at radius 2 is 1.77 bits per heavy atom. The number of halogens is 1. The first-order valence-electron chi connectivity index (χ1n) is 9.62. The number of carbonyl (C=O) groups is 1. The van der Waals surface area contributed by atoms with Gasteiger partial charge >= 0.3 is 0 Å². The van der Waals surface area contributed by atoms with E-state index < -0.39 is 10.0 Å². The molecule has 3 aromatic rings. The first-order chi connectivity index (χ1) is 14.9. The molecule has 1 heterocycles. The summed E-state index contributed by atoms with van der Waals surface area (Å²) in [6.45, 7) is 0.199. The molecule has 0 fully saturated rings. The maximum Gasteiger partial charge on any atom is 0.265 e. The van der Waals surface area contributed by atoms with Crippen LogP contribution in [0.1, 0.15) is 12.8 Å². The molecular formula is C22H21ClN2O5S. The Balaban J connectivity index is 1.46. The van der Waals surface area contributed by atoms with Crippen LogP contribution in [-0.2, 0) is 14.8 Å². The highest BCUT2D eigenvalue weighted by Crippen LogP contribution is 2.42. The second-order valence-electron chi connectivity index (χ2n) is 7.05. The highest BCUT2D eigenvalue weighted by atomic mass is 35.5. The number of nitrogens with zero attached hydrogens (tertiary/aromatic N) is 1. The molecule has 1 N–H and O–H groups in total. The molecule has 1 aliphatic rings. The maximum atomic E-state index is 13.0. The van der Waals surface area contributed by atoms with Crippen LogP contribution in [0.2, 0.25) is 5.02 Å². The van der Waals surface area contributed by atoms with Crippen molar-refractivity contribution in [3.05, 3.63) is 53.6 Å². The fourth-order valence-electron chi connectivity index (χ4n) is 3.75. The van der Waals surface area contributed by atoms with Crippen molar-refractivity contribution in [2.45, 2.75) is 17.7 Å². The molecule has 1 amide bonds. The smallest absolute Gasteiger partial charge is 0.265 e. The minimum absolute atomic E-state index is 0.131. The van der Waals surface area contributed by atoms with Crippen LogP contribution < -0.4 is 19.1 Å². The van der Waals surface area contributed by atoms with Crippen molar-refractivity contribution in [3.8, 4) is 11.5 Å². The van der Waals surface area contributed by atoms with Crippen LogP contribution in [0.3, 0.4) is 0 Å². The maximum absolute atomic E-state index is 13.0. The van der Waals surface area contributed by atoms with Gasteiger partial charge in [0.2, 0.25) is 5.91 Å². The van der Waals surface area contributed by atoms with Crippen molar-refractivity contribution in [2.75, 3.05) is 30.4 Å². The topological polar surface area (TPSA) is 84.9 Å². The largest absolute Gasteiger partial charge is 0.495 e. The SMILES string of the molecule is COc1cc(NC(=O)CCCN2c3cccc4cccc(c34)S2(=O)=O)c(OC)cc1Cl. The monoisotopic (exact) mass is 460 g/mol. The summed E-state index contributed by atoms with van der Waals surface area (Å²) in [5.74, 6) is 0.546. The van der Waals surface area contributed by atoms with Gasteiger partial charge in [-0.05, 0) is 23.9 Å². The third-order valence-corrected chi connectivity index (χ3v) is 7.35. The summed E-state index contributed by atoms with van der Waals surface area (Å²) in [4.78, 5) is 12.8. The zero-order valence-electron chi connectivity index (χ0n) is 17.0. The van der Waals surface area contributed by atoms with Gasteiger partial charge in [-0.25, -0.2) is 8.42 Å². The Labute approximate surface area is 185 Å². The van der Waals surface area contributed by atoms with E-state index in [1.165, 1.54) is 18.5 Å². The van der Waals surface area contributed by atoms with E-state index in [4.69, 9.17) is 21.1 Å². The second-order valence-corrected chi connectivity index (χ2v) is 9.29. The van der Waals surface area contributed by atoms with Crippen LogP contribution in [-0.4, -0.2) is 35.1 Å². The van der Waals surface area contributed by atoms with Crippen molar-refractivity contribution < 1.29 is 22.7 Å². The number of nitrogens with one attached hydrogen (secondary N) is 1. The number of anilines is 2. The van der Waals surface area contributed by atoms with Gasteiger partial charge in [0.1, 0.15) is 11.5 Å². The molecule has 0 spiro atoms. The number of hydrogen-bond acceptors (Lipinski definition) is 5. The lowest BCUT2D eigenvalue weighted by Gasteiger charge is -2.18. The lowest BCUT2D eigenvalue weighted by molar-refractivity contribution is -0.116. The first kappa shape index (κ1) is 21.3. The predicted octanol–water partition coefficient (Wildman–Crippen LogP) is 4.44. The van der Waals surface area contributed by atoms with Crippen LogP contribution in [0.4, 0.5) is 11.4 Å². The van der Waals surface area contributed by atoms with E-state index >= 15 is 0 Å². The normalized spacial score (nSPS) is 14.0. The lowest BCUT2D eigenvalue weighted by atomic mass is 10.1. The zero-order chi connectivity index (χ0) is 22.2. The van der Waals surface area contributed by atoms with Crippen molar-refractivity contribution in [3.63, 3.8) is 0 Å². The minimum atomic E-state index is -3.63. The number of hydrogen-bond donors (Lipinski definition) is 1. The van der Waals surface area contributed by atoms with Crippen molar-refractivity contribution in [1.82, 2.24) is 0 Å². The Kier molecular flexibility index (Phi) is 5.68. The Bertz CT molecular complexity index is 1270. The summed E-state index contributed by atoms with van der Waals surface area (Å²) in [5, 5.41) is 4.75. The van der Waals surface area contributed by atoms with Gasteiger partial charge in [-0.2, -0.15) is 0 Å². The van der Waals surface area contributed by atoms with Gasteiger partial charge in [0, 0.05) is 30.5 Å². The average Bonchev–Trinajstić information content (AvgIpc) is 2.98. The van der Waals surface area contributed by atoms with Crippen LogP contribution in [0, 0.1) is 0 Å². The van der Waals surface area contributed by atoms with Crippen molar-refractivity contribution >= 4 is 49.7 Å². The number of ether oxygens (including phenoxy) is 2. The molecule has 3 aromatic carbocycles. The van der Waals surface area contributed by atoms with Crippen LogP contribution in [0.15, 0.2) is 53.4 Å². The molecule has 4 rings (SSSR count). The molecule has 0 unspecified atom stereocenters. The van der Waals surface area contributed by atoms with Gasteiger partial charge in [-0.1, -0.05) is 35.9 Å². The quantitative estimate of drug-likeness (QED) is 0.563. The van der Waals surface area contributed by atoms with Gasteiger partial charge in [-0.3, -0.25) is 9.10 Å². The standard InChI is InChI=1S/C22H21ClN2O5S/c1-29-18-13-16(19(30-2)12-15(18)23)24-21(26)10-5-11-25-17-8-3-6-14-7-4-9-20(22(14)17)31(25,27)28/h3-4,6-9,12-13H,5,10-11H2,1-2H3,(H,24,26). The van der Waals surface area contributed by atoms with E-state index in [0.717, 1.165) is 10.8 Å². The fourth-order valence-corrected chi connectivity index (χ4v) is 5.73. The number of benzene rings is 3. The molecule has 7 nitrogen and oxygen atoms in total. The third kappa shape index (κ3) is 3.77. The first-order valence-corrected chi connectivity index (χ1v) is 11.4. The molecule has 162 valence electrons. The van der Waals surface area contributed by atoms with E-state index in [2.05, 4.69) is 5.32 Å². The number of rotatable bonds is 7. The molecule has 0 aromatic heterocycles. The minimum Gasteiger partial charge on any atom is -0.495 e.